The lowest BCUT2D eigenvalue weighted by atomic mass is 10.3. The summed E-state index contributed by atoms with van der Waals surface area (Å²) in [6.07, 6.45) is 0.708. The average molecular weight is 327 g/mol. The molecular weight excluding hydrogens is 311 g/mol. The lowest BCUT2D eigenvalue weighted by Crippen LogP contribution is -2.06. The molecule has 2 rings (SSSR count). The van der Waals surface area contributed by atoms with Crippen LogP contribution in [0.25, 0.3) is 0 Å². The molecule has 0 saturated carbocycles. The number of rotatable bonds is 7. The molecule has 5 heteroatoms. The maximum atomic E-state index is 6.02. The Kier molecular flexibility index (Phi) is 6.03. The van der Waals surface area contributed by atoms with Crippen LogP contribution < -0.4 is 14.2 Å². The van der Waals surface area contributed by atoms with Gasteiger partial charge in [0.1, 0.15) is 0 Å². The third-order valence-corrected chi connectivity index (χ3v) is 3.38. The maximum absolute atomic E-state index is 6.02. The van der Waals surface area contributed by atoms with E-state index in [1.807, 2.05) is 24.3 Å². The number of methoxy groups -OCH3 is 1. The molecule has 0 fully saturated rings. The minimum absolute atomic E-state index is 0.471. The Morgan fingerprint density at radius 1 is 0.810 bits per heavy atom. The predicted octanol–water partition coefficient (Wildman–Crippen LogP) is 4.85. The predicted molar refractivity (Wildman–Crippen MR) is 85.1 cm³/mol. The second-order valence-electron chi connectivity index (χ2n) is 4.25. The van der Waals surface area contributed by atoms with E-state index in [-0.39, 0.29) is 0 Å². The third-order valence-electron chi connectivity index (χ3n) is 2.78. The molecule has 0 bridgehead atoms. The largest absolute Gasteiger partial charge is 0.493 e. The molecule has 0 radical (unpaired) electrons. The first-order valence-corrected chi connectivity index (χ1v) is 7.30. The molecule has 0 amide bonds. The zero-order valence-electron chi connectivity index (χ0n) is 11.6. The molecular formula is C16H16Cl2O3. The Labute approximate surface area is 134 Å². The van der Waals surface area contributed by atoms with E-state index in [4.69, 9.17) is 37.4 Å². The number of ether oxygens (including phenoxy) is 3. The van der Waals surface area contributed by atoms with E-state index < -0.39 is 0 Å². The quantitative estimate of drug-likeness (QED) is 0.681. The number of benzene rings is 2. The van der Waals surface area contributed by atoms with Gasteiger partial charge in [-0.3, -0.25) is 0 Å². The van der Waals surface area contributed by atoms with E-state index in [2.05, 4.69) is 0 Å². The van der Waals surface area contributed by atoms with E-state index in [0.29, 0.717) is 41.2 Å². The highest BCUT2D eigenvalue weighted by molar-refractivity contribution is 6.37. The van der Waals surface area contributed by atoms with Crippen LogP contribution in [0.4, 0.5) is 0 Å². The normalized spacial score (nSPS) is 10.2. The van der Waals surface area contributed by atoms with Gasteiger partial charge in [0.15, 0.2) is 17.2 Å². The SMILES string of the molecule is COc1ccccc1OCCCOc1c(Cl)cccc1Cl. The van der Waals surface area contributed by atoms with E-state index in [9.17, 15) is 0 Å². The van der Waals surface area contributed by atoms with Crippen molar-refractivity contribution in [1.82, 2.24) is 0 Å². The summed E-state index contributed by atoms with van der Waals surface area (Å²) in [4.78, 5) is 0. The topological polar surface area (TPSA) is 27.7 Å². The van der Waals surface area contributed by atoms with Crippen molar-refractivity contribution >= 4 is 23.2 Å². The average Bonchev–Trinajstić information content (AvgIpc) is 2.50. The number of para-hydroxylation sites is 3. The Bertz CT molecular complexity index is 567. The maximum Gasteiger partial charge on any atom is 0.161 e. The standard InChI is InChI=1S/C16H16Cl2O3/c1-19-14-8-2-3-9-15(14)20-10-5-11-21-16-12(17)6-4-7-13(16)18/h2-4,6-9H,5,10-11H2,1H3. The lowest BCUT2D eigenvalue weighted by Gasteiger charge is -2.12. The van der Waals surface area contributed by atoms with E-state index >= 15 is 0 Å². The summed E-state index contributed by atoms with van der Waals surface area (Å²) in [6, 6.07) is 12.8. The van der Waals surface area contributed by atoms with Gasteiger partial charge in [0, 0.05) is 6.42 Å². The molecule has 0 aromatic heterocycles. The molecule has 0 aliphatic heterocycles. The Balaban J connectivity index is 1.78. The van der Waals surface area contributed by atoms with Crippen LogP contribution >= 0.6 is 23.2 Å². The van der Waals surface area contributed by atoms with Gasteiger partial charge in [-0.1, -0.05) is 41.4 Å². The summed E-state index contributed by atoms with van der Waals surface area (Å²) < 4.78 is 16.5. The van der Waals surface area contributed by atoms with Gasteiger partial charge in [-0.2, -0.15) is 0 Å². The molecule has 0 atom stereocenters. The molecule has 112 valence electrons. The van der Waals surface area contributed by atoms with Crippen LogP contribution in [0.15, 0.2) is 42.5 Å². The molecule has 0 N–H and O–H groups in total. The molecule has 3 nitrogen and oxygen atoms in total. The van der Waals surface area contributed by atoms with Crippen molar-refractivity contribution < 1.29 is 14.2 Å². The van der Waals surface area contributed by atoms with Crippen molar-refractivity contribution in [1.29, 1.82) is 0 Å². The van der Waals surface area contributed by atoms with Gasteiger partial charge < -0.3 is 14.2 Å². The Hall–Kier alpha value is -1.58. The fraction of sp³-hybridized carbons (Fsp3) is 0.250. The van der Waals surface area contributed by atoms with Gasteiger partial charge >= 0.3 is 0 Å². The third kappa shape index (κ3) is 4.45. The van der Waals surface area contributed by atoms with Crippen molar-refractivity contribution in [3.05, 3.63) is 52.5 Å². The molecule has 21 heavy (non-hydrogen) atoms. The van der Waals surface area contributed by atoms with E-state index in [0.717, 1.165) is 5.75 Å². The first kappa shape index (κ1) is 15.8. The first-order valence-electron chi connectivity index (χ1n) is 6.55. The molecule has 0 aliphatic carbocycles. The number of hydrogen-bond acceptors (Lipinski definition) is 3. The van der Waals surface area contributed by atoms with Gasteiger partial charge in [0.2, 0.25) is 0 Å². The van der Waals surface area contributed by atoms with Crippen LogP contribution in [-0.4, -0.2) is 20.3 Å². The highest BCUT2D eigenvalue weighted by Crippen LogP contribution is 2.32. The highest BCUT2D eigenvalue weighted by atomic mass is 35.5. The van der Waals surface area contributed by atoms with Crippen molar-refractivity contribution in [2.45, 2.75) is 6.42 Å². The molecule has 2 aromatic carbocycles. The molecule has 0 saturated heterocycles. The van der Waals surface area contributed by atoms with Gasteiger partial charge in [-0.15, -0.1) is 0 Å². The monoisotopic (exact) mass is 326 g/mol. The van der Waals surface area contributed by atoms with Gasteiger partial charge in [-0.05, 0) is 24.3 Å². The van der Waals surface area contributed by atoms with Crippen LogP contribution in [0.1, 0.15) is 6.42 Å². The van der Waals surface area contributed by atoms with E-state index in [1.54, 1.807) is 25.3 Å². The van der Waals surface area contributed by atoms with Crippen molar-refractivity contribution in [2.75, 3.05) is 20.3 Å². The second-order valence-corrected chi connectivity index (χ2v) is 5.07. The highest BCUT2D eigenvalue weighted by Gasteiger charge is 2.06. The van der Waals surface area contributed by atoms with Crippen LogP contribution in [0, 0.1) is 0 Å². The summed E-state index contributed by atoms with van der Waals surface area (Å²) in [5.41, 5.74) is 0. The lowest BCUT2D eigenvalue weighted by molar-refractivity contribution is 0.240. The van der Waals surface area contributed by atoms with Crippen LogP contribution in [0.2, 0.25) is 10.0 Å². The van der Waals surface area contributed by atoms with Gasteiger partial charge in [0.05, 0.1) is 30.4 Å². The molecule has 0 spiro atoms. The number of hydrogen-bond donors (Lipinski definition) is 0. The van der Waals surface area contributed by atoms with Crippen molar-refractivity contribution in [3.63, 3.8) is 0 Å². The Morgan fingerprint density at radius 3 is 2.10 bits per heavy atom. The molecule has 0 unspecified atom stereocenters. The fourth-order valence-electron chi connectivity index (χ4n) is 1.77. The summed E-state index contributed by atoms with van der Waals surface area (Å²) in [5.74, 6) is 1.95. The minimum atomic E-state index is 0.471. The summed E-state index contributed by atoms with van der Waals surface area (Å²) in [7, 11) is 1.62. The van der Waals surface area contributed by atoms with Gasteiger partial charge in [-0.25, -0.2) is 0 Å². The number of halogens is 2. The van der Waals surface area contributed by atoms with Crippen molar-refractivity contribution in [2.24, 2.45) is 0 Å². The molecule has 0 heterocycles. The molecule has 0 aliphatic rings. The fourth-order valence-corrected chi connectivity index (χ4v) is 2.28. The van der Waals surface area contributed by atoms with Crippen LogP contribution in [-0.2, 0) is 0 Å². The summed E-state index contributed by atoms with van der Waals surface area (Å²) in [5, 5.41) is 1.02. The summed E-state index contributed by atoms with van der Waals surface area (Å²) >= 11 is 12.0. The zero-order valence-corrected chi connectivity index (χ0v) is 13.2. The van der Waals surface area contributed by atoms with Crippen molar-refractivity contribution in [3.8, 4) is 17.2 Å². The minimum Gasteiger partial charge on any atom is -0.493 e. The first-order chi connectivity index (χ1) is 10.2. The Morgan fingerprint density at radius 2 is 1.43 bits per heavy atom. The second kappa shape index (κ2) is 8.01. The van der Waals surface area contributed by atoms with Gasteiger partial charge in [0.25, 0.3) is 0 Å². The summed E-state index contributed by atoms with van der Waals surface area (Å²) in [6.45, 7) is 0.987. The molecule has 2 aromatic rings. The zero-order chi connectivity index (χ0) is 15.1. The smallest absolute Gasteiger partial charge is 0.161 e. The van der Waals surface area contributed by atoms with Crippen LogP contribution in [0.3, 0.4) is 0 Å². The van der Waals surface area contributed by atoms with E-state index in [1.165, 1.54) is 0 Å². The van der Waals surface area contributed by atoms with Crippen LogP contribution in [0.5, 0.6) is 17.2 Å².